The molecule has 2 N–H and O–H groups in total. The molecule has 0 spiro atoms. The average Bonchev–Trinajstić information content (AvgIpc) is 2.38. The van der Waals surface area contributed by atoms with Gasteiger partial charge in [-0.3, -0.25) is 0 Å². The fraction of sp³-hybridized carbons (Fsp3) is 0.529. The number of hydrogen-bond acceptors (Lipinski definition) is 1. The molecule has 0 amide bonds. The first kappa shape index (κ1) is 14.1. The number of rotatable bonds is 4. The summed E-state index contributed by atoms with van der Waals surface area (Å²) in [7, 11) is 2.31. The first-order valence-electron chi connectivity index (χ1n) is 7.34. The lowest BCUT2D eigenvalue weighted by molar-refractivity contribution is -0.914. The van der Waals surface area contributed by atoms with Crippen molar-refractivity contribution in [3.63, 3.8) is 0 Å². The van der Waals surface area contributed by atoms with Crippen molar-refractivity contribution in [2.45, 2.75) is 38.3 Å². The molecule has 2 rings (SSSR count). The van der Waals surface area contributed by atoms with Gasteiger partial charge in [0, 0.05) is 18.0 Å². The van der Waals surface area contributed by atoms with E-state index >= 15 is 0 Å². The highest BCUT2D eigenvalue weighted by molar-refractivity contribution is 5.46. The van der Waals surface area contributed by atoms with Gasteiger partial charge in [-0.25, -0.2) is 0 Å². The summed E-state index contributed by atoms with van der Waals surface area (Å²) in [5.74, 6) is 0.641. The second-order valence-corrected chi connectivity index (χ2v) is 6.20. The standard InChI is InChI=1S/C17H26N2/c1-5-11-17(18-16-9-7-6-8-10-16)12-15(3)19(4)13-14(17)2/h5-10,14-15,18H,1,11-13H2,2-4H3/p+1/t14-,15-,17+/m1/s1. The van der Waals surface area contributed by atoms with Gasteiger partial charge in [-0.2, -0.15) is 0 Å². The summed E-state index contributed by atoms with van der Waals surface area (Å²) in [5, 5.41) is 3.81. The van der Waals surface area contributed by atoms with Gasteiger partial charge >= 0.3 is 0 Å². The Morgan fingerprint density at radius 2 is 2.05 bits per heavy atom. The molecule has 0 radical (unpaired) electrons. The van der Waals surface area contributed by atoms with Crippen LogP contribution in [0, 0.1) is 5.92 Å². The molecule has 0 aromatic heterocycles. The van der Waals surface area contributed by atoms with E-state index in [1.807, 2.05) is 0 Å². The molecule has 1 aliphatic rings. The largest absolute Gasteiger partial charge is 0.379 e. The molecule has 2 heteroatoms. The fourth-order valence-electron chi connectivity index (χ4n) is 3.38. The predicted octanol–water partition coefficient (Wildman–Crippen LogP) is 2.36. The molecular weight excluding hydrogens is 232 g/mol. The van der Waals surface area contributed by atoms with Gasteiger partial charge in [-0.15, -0.1) is 6.58 Å². The minimum atomic E-state index is 0.155. The lowest BCUT2D eigenvalue weighted by atomic mass is 9.73. The molecule has 1 heterocycles. The van der Waals surface area contributed by atoms with Gasteiger partial charge in [0.25, 0.3) is 0 Å². The molecule has 1 aromatic rings. The highest BCUT2D eigenvalue weighted by Crippen LogP contribution is 2.33. The van der Waals surface area contributed by atoms with Crippen LogP contribution in [0.5, 0.6) is 0 Å². The minimum absolute atomic E-state index is 0.155. The van der Waals surface area contributed by atoms with Gasteiger partial charge in [-0.05, 0) is 25.5 Å². The fourth-order valence-corrected chi connectivity index (χ4v) is 3.38. The van der Waals surface area contributed by atoms with Crippen LogP contribution in [-0.4, -0.2) is 25.2 Å². The highest BCUT2D eigenvalue weighted by atomic mass is 15.2. The lowest BCUT2D eigenvalue weighted by Gasteiger charge is -2.47. The summed E-state index contributed by atoms with van der Waals surface area (Å²) in [5.41, 5.74) is 1.38. The first-order chi connectivity index (χ1) is 9.07. The van der Waals surface area contributed by atoms with Crippen LogP contribution >= 0.6 is 0 Å². The highest BCUT2D eigenvalue weighted by Gasteiger charge is 2.44. The second kappa shape index (κ2) is 5.79. The molecule has 0 bridgehead atoms. The summed E-state index contributed by atoms with van der Waals surface area (Å²) in [6.45, 7) is 9.91. The van der Waals surface area contributed by atoms with E-state index in [4.69, 9.17) is 0 Å². The Kier molecular flexibility index (Phi) is 4.31. The third kappa shape index (κ3) is 3.01. The molecule has 0 saturated carbocycles. The number of hydrogen-bond donors (Lipinski definition) is 2. The molecule has 1 saturated heterocycles. The van der Waals surface area contributed by atoms with Crippen LogP contribution in [-0.2, 0) is 0 Å². The normalized spacial score (nSPS) is 34.8. The maximum Gasteiger partial charge on any atom is 0.0867 e. The van der Waals surface area contributed by atoms with Crippen molar-refractivity contribution in [1.82, 2.24) is 0 Å². The zero-order valence-corrected chi connectivity index (χ0v) is 12.4. The SMILES string of the molecule is C=CC[C@]1(Nc2ccccc2)C[C@@H](C)[NH+](C)C[C@H]1C. The third-order valence-corrected chi connectivity index (χ3v) is 4.76. The topological polar surface area (TPSA) is 16.5 Å². The smallest absolute Gasteiger partial charge is 0.0867 e. The van der Waals surface area contributed by atoms with Gasteiger partial charge < -0.3 is 10.2 Å². The summed E-state index contributed by atoms with van der Waals surface area (Å²) in [6, 6.07) is 11.3. The molecule has 19 heavy (non-hydrogen) atoms. The number of piperidine rings is 1. The molecule has 1 fully saturated rings. The monoisotopic (exact) mass is 259 g/mol. The van der Waals surface area contributed by atoms with Crippen LogP contribution in [0.2, 0.25) is 0 Å². The van der Waals surface area contributed by atoms with Crippen molar-refractivity contribution in [2.75, 3.05) is 18.9 Å². The summed E-state index contributed by atoms with van der Waals surface area (Å²) < 4.78 is 0. The molecule has 1 aromatic carbocycles. The summed E-state index contributed by atoms with van der Waals surface area (Å²) in [4.78, 5) is 1.64. The van der Waals surface area contributed by atoms with Crippen LogP contribution in [0.1, 0.15) is 26.7 Å². The predicted molar refractivity (Wildman–Crippen MR) is 82.6 cm³/mol. The number of quaternary nitrogens is 1. The van der Waals surface area contributed by atoms with Crippen molar-refractivity contribution < 1.29 is 4.90 Å². The van der Waals surface area contributed by atoms with E-state index in [2.05, 4.69) is 69.2 Å². The summed E-state index contributed by atoms with van der Waals surface area (Å²) in [6.07, 6.45) is 4.29. The van der Waals surface area contributed by atoms with Crippen LogP contribution in [0.3, 0.4) is 0 Å². The van der Waals surface area contributed by atoms with Gasteiger partial charge in [0.05, 0.1) is 25.2 Å². The van der Waals surface area contributed by atoms with Crippen molar-refractivity contribution in [1.29, 1.82) is 0 Å². The number of anilines is 1. The van der Waals surface area contributed by atoms with Crippen molar-refractivity contribution >= 4 is 5.69 Å². The Balaban J connectivity index is 2.24. The van der Waals surface area contributed by atoms with E-state index in [9.17, 15) is 0 Å². The zero-order valence-electron chi connectivity index (χ0n) is 12.4. The van der Waals surface area contributed by atoms with E-state index in [1.165, 1.54) is 18.7 Å². The minimum Gasteiger partial charge on any atom is -0.379 e. The molecule has 2 nitrogen and oxygen atoms in total. The molecular formula is C17H27N2+. The Labute approximate surface area is 117 Å². The quantitative estimate of drug-likeness (QED) is 0.794. The van der Waals surface area contributed by atoms with Gasteiger partial charge in [0.2, 0.25) is 0 Å². The number of likely N-dealkylation sites (tertiary alicyclic amines) is 1. The average molecular weight is 259 g/mol. The van der Waals surface area contributed by atoms with Gasteiger partial charge in [0.1, 0.15) is 0 Å². The Morgan fingerprint density at radius 1 is 1.37 bits per heavy atom. The Morgan fingerprint density at radius 3 is 2.68 bits per heavy atom. The lowest BCUT2D eigenvalue weighted by Crippen LogP contribution is -3.15. The van der Waals surface area contributed by atoms with E-state index in [0.717, 1.165) is 6.42 Å². The summed E-state index contributed by atoms with van der Waals surface area (Å²) >= 11 is 0. The van der Waals surface area contributed by atoms with Crippen LogP contribution in [0.25, 0.3) is 0 Å². The second-order valence-electron chi connectivity index (χ2n) is 6.20. The third-order valence-electron chi connectivity index (χ3n) is 4.76. The maximum atomic E-state index is 3.97. The van der Waals surface area contributed by atoms with Crippen LogP contribution < -0.4 is 10.2 Å². The molecule has 104 valence electrons. The number of nitrogens with one attached hydrogen (secondary N) is 2. The number of para-hydroxylation sites is 1. The molecule has 0 aliphatic carbocycles. The molecule has 1 aliphatic heterocycles. The van der Waals surface area contributed by atoms with Gasteiger partial charge in [-0.1, -0.05) is 31.2 Å². The van der Waals surface area contributed by atoms with E-state index in [0.29, 0.717) is 12.0 Å². The van der Waals surface area contributed by atoms with Crippen molar-refractivity contribution in [3.8, 4) is 0 Å². The Bertz CT molecular complexity index is 415. The molecule has 1 unspecified atom stereocenters. The zero-order chi connectivity index (χ0) is 13.9. The van der Waals surface area contributed by atoms with Crippen molar-refractivity contribution in [3.05, 3.63) is 43.0 Å². The first-order valence-corrected chi connectivity index (χ1v) is 7.34. The van der Waals surface area contributed by atoms with Crippen molar-refractivity contribution in [2.24, 2.45) is 5.92 Å². The van der Waals surface area contributed by atoms with E-state index in [-0.39, 0.29) is 5.54 Å². The molecule has 4 atom stereocenters. The van der Waals surface area contributed by atoms with E-state index in [1.54, 1.807) is 4.90 Å². The van der Waals surface area contributed by atoms with Gasteiger partial charge in [0.15, 0.2) is 0 Å². The Hall–Kier alpha value is -1.28. The van der Waals surface area contributed by atoms with E-state index < -0.39 is 0 Å². The number of benzene rings is 1. The van der Waals surface area contributed by atoms with Crippen LogP contribution in [0.4, 0.5) is 5.69 Å². The maximum absolute atomic E-state index is 3.97. The van der Waals surface area contributed by atoms with Crippen LogP contribution in [0.15, 0.2) is 43.0 Å².